The molecule has 0 saturated heterocycles. The number of aryl methyl sites for hydroxylation is 2. The largest absolute Gasteiger partial charge is 0.478 e. The lowest BCUT2D eigenvalue weighted by molar-refractivity contribution is -0.676. The van der Waals surface area contributed by atoms with Crippen LogP contribution in [0.2, 0.25) is 0 Å². The first-order valence-corrected chi connectivity index (χ1v) is 33.5. The monoisotopic (exact) mass is 1320 g/mol. The number of carbonyl (C=O) groups excluding carboxylic acids is 3. The number of hydrogen-bond acceptors (Lipinski definition) is 11. The van der Waals surface area contributed by atoms with E-state index in [1.54, 1.807) is 52.5 Å². The molecule has 6 aromatic carbocycles. The molecule has 0 unspecified atom stereocenters. The van der Waals surface area contributed by atoms with Gasteiger partial charge in [0.1, 0.15) is 64.6 Å². The Hall–Kier alpha value is -8.02. The molecule has 0 saturated carbocycles. The van der Waals surface area contributed by atoms with Crippen molar-refractivity contribution in [1.82, 2.24) is 30.4 Å². The smallest absolute Gasteiger partial charge is 0.335 e. The first-order chi connectivity index (χ1) is 44.7. The zero-order valence-electron chi connectivity index (χ0n) is 53.9. The Morgan fingerprint density at radius 2 is 0.989 bits per heavy atom. The van der Waals surface area contributed by atoms with Gasteiger partial charge in [0.15, 0.2) is 0 Å². The normalized spacial score (nSPS) is 12.3. The van der Waals surface area contributed by atoms with Gasteiger partial charge in [-0.2, -0.15) is 0 Å². The van der Waals surface area contributed by atoms with Gasteiger partial charge in [-0.3, -0.25) is 14.4 Å². The molecule has 0 aliphatic heterocycles. The lowest BCUT2D eigenvalue weighted by Gasteiger charge is -2.24. The summed E-state index contributed by atoms with van der Waals surface area (Å²) in [6.45, 7) is 16.7. The third-order valence-electron chi connectivity index (χ3n) is 15.2. The highest BCUT2D eigenvalue weighted by molar-refractivity contribution is 7.13. The molecule has 3 amide bonds. The number of aromatic nitrogens is 2. The van der Waals surface area contributed by atoms with Crippen LogP contribution in [0.4, 0.5) is 17.6 Å². The van der Waals surface area contributed by atoms with Crippen molar-refractivity contribution in [2.75, 3.05) is 39.3 Å². The van der Waals surface area contributed by atoms with Gasteiger partial charge in [0.05, 0.1) is 11.6 Å². The van der Waals surface area contributed by atoms with Gasteiger partial charge in [-0.05, 0) is 133 Å². The maximum atomic E-state index is 14.1. The number of nitrogens with zero attached hydrogens (tertiary/aromatic N) is 4. The Bertz CT molecular complexity index is 3600. The van der Waals surface area contributed by atoms with E-state index < -0.39 is 53.4 Å². The minimum Gasteiger partial charge on any atom is -0.478 e. The second-order valence-corrected chi connectivity index (χ2v) is 24.6. The fourth-order valence-electron chi connectivity index (χ4n) is 10.5. The van der Waals surface area contributed by atoms with Gasteiger partial charge < -0.3 is 46.8 Å². The van der Waals surface area contributed by atoms with Crippen LogP contribution in [0.1, 0.15) is 142 Å². The van der Waals surface area contributed by atoms with E-state index in [0.717, 1.165) is 61.8 Å². The number of rotatable bonds is 31. The maximum Gasteiger partial charge on any atom is 0.335 e. The number of nitrogens with one attached hydrogen (secondary N) is 2. The Labute approximate surface area is 551 Å². The quantitative estimate of drug-likeness (QED) is 0.0203. The number of carboxylic acid groups (broad SMARTS) is 1. The number of nitrogens with two attached hydrogens (primary N) is 1. The predicted octanol–water partition coefficient (Wildman–Crippen LogP) is 11.0. The number of carboxylic acids is 1. The second-order valence-electron chi connectivity index (χ2n) is 22.8. The van der Waals surface area contributed by atoms with Crippen molar-refractivity contribution in [3.63, 3.8) is 0 Å². The topological polar surface area (TPSA) is 230 Å². The summed E-state index contributed by atoms with van der Waals surface area (Å²) in [5.41, 5.74) is 11.9. The summed E-state index contributed by atoms with van der Waals surface area (Å²) < 4.78 is 54.6. The summed E-state index contributed by atoms with van der Waals surface area (Å²) in [4.78, 5) is 63.7. The van der Waals surface area contributed by atoms with Crippen LogP contribution >= 0.6 is 22.7 Å². The number of benzene rings is 6. The van der Waals surface area contributed by atoms with Crippen molar-refractivity contribution in [2.45, 2.75) is 130 Å². The summed E-state index contributed by atoms with van der Waals surface area (Å²) >= 11 is 2.81. The van der Waals surface area contributed by atoms with Crippen LogP contribution in [0.5, 0.6) is 0 Å². The van der Waals surface area contributed by atoms with E-state index in [1.165, 1.54) is 64.1 Å². The number of aliphatic hydroxyl groups excluding tert-OH is 2. The molecular weight excluding hydrogens is 1230 g/mol. The minimum atomic E-state index is -1.05. The Balaban J connectivity index is 0.000000245. The van der Waals surface area contributed by atoms with Crippen molar-refractivity contribution < 1.29 is 63.1 Å². The van der Waals surface area contributed by atoms with Crippen molar-refractivity contribution in [3.05, 3.63) is 223 Å². The molecule has 8 aromatic rings. The number of aromatic carboxylic acids is 1. The molecule has 0 fully saturated rings. The summed E-state index contributed by atoms with van der Waals surface area (Å²) in [7, 11) is 0. The Kier molecular flexibility index (Phi) is 30.4. The van der Waals surface area contributed by atoms with Gasteiger partial charge in [0.25, 0.3) is 17.7 Å². The van der Waals surface area contributed by atoms with Crippen LogP contribution in [0.25, 0.3) is 21.1 Å². The van der Waals surface area contributed by atoms with Crippen LogP contribution < -0.4 is 21.7 Å². The summed E-state index contributed by atoms with van der Waals surface area (Å²) in [6.07, 6.45) is 7.14. The standard InChI is InChI=1S/C36H42F2N4O3S.C19H24F2N2O.C17H20N2O3S/c1-4-11-42(12-5-2)36(45)29-19-27(18-28(20-29)35-40-10-13-46-35)34(44)41-32(17-26-15-30(37)21-31(38)16-26)33(43)23-39-22-25-9-7-8-24(6-3)14-25;1-2-13-4-3-5-14(6-13)11-23-12-19(24)18(22)9-15-7-16(20)10-17(21)8-15;1-3-6-19(7-4-2)16(20)13-9-12(15-18-5-8-23-15)10-14(11-13)17(21)22/h7-10,13-16,18-21,32-33,39,43H,4-6,11-12,17,22-23H2,1-3H3,(H,41,44);3-8,10,18-19,23-24H,2,9,11-12,22H2,1H3;5,8-11H,3-4,6-7H2,1-2H3,(H,21,22)/p+2/t32-,33+;18-,19+;/m00./s1. The maximum absolute atomic E-state index is 14.1. The molecule has 93 heavy (non-hydrogen) atoms. The summed E-state index contributed by atoms with van der Waals surface area (Å²) in [5.74, 6) is -4.56. The number of aliphatic hydroxyl groups is 2. The van der Waals surface area contributed by atoms with Crippen LogP contribution in [-0.2, 0) is 38.8 Å². The van der Waals surface area contributed by atoms with Crippen LogP contribution in [0, 0.1) is 23.3 Å². The molecule has 0 aliphatic carbocycles. The van der Waals surface area contributed by atoms with Gasteiger partial charge in [-0.25, -0.2) is 32.3 Å². The molecular formula is C72H88F4N8O7S2+2. The van der Waals surface area contributed by atoms with E-state index in [0.29, 0.717) is 95.6 Å². The highest BCUT2D eigenvalue weighted by atomic mass is 32.1. The summed E-state index contributed by atoms with van der Waals surface area (Å²) in [6, 6.07) is 31.6. The predicted molar refractivity (Wildman–Crippen MR) is 359 cm³/mol. The minimum absolute atomic E-state index is 0.000513. The average Bonchev–Trinajstić information content (AvgIpc) is 1.79. The fraction of sp³-hybridized carbons (Fsp3) is 0.361. The highest BCUT2D eigenvalue weighted by Gasteiger charge is 2.27. The Morgan fingerprint density at radius 3 is 1.45 bits per heavy atom. The number of quaternary nitrogens is 2. The zero-order valence-corrected chi connectivity index (χ0v) is 55.5. The van der Waals surface area contributed by atoms with E-state index in [4.69, 9.17) is 0 Å². The molecule has 496 valence electrons. The van der Waals surface area contributed by atoms with Crippen molar-refractivity contribution in [1.29, 1.82) is 0 Å². The SMILES string of the molecule is CCCN(CCC)C(=O)c1cc(C(=O)N[C@@H](Cc2cc(F)cc(F)c2)[C@H](O)C[NH2+]Cc2cccc(CC)c2)cc(-c2nccs2)c1.CCCN(CCC)C(=O)c1cc(C(=O)O)cc(-c2nccs2)c1.CCc1cccc(CNC[C@@H](O)[C@@H]([NH3+])Cc2cc(F)cc(F)c2)c1. The third-order valence-corrected chi connectivity index (χ3v) is 16.8. The van der Waals surface area contributed by atoms with Crippen molar-refractivity contribution >= 4 is 46.4 Å². The molecule has 4 atom stereocenters. The number of halogens is 4. The van der Waals surface area contributed by atoms with E-state index >= 15 is 0 Å². The van der Waals surface area contributed by atoms with E-state index in [2.05, 4.69) is 64.4 Å². The first-order valence-electron chi connectivity index (χ1n) is 31.7. The average molecular weight is 1320 g/mol. The van der Waals surface area contributed by atoms with Crippen LogP contribution in [0.15, 0.2) is 144 Å². The number of thiazole rings is 2. The molecule has 0 aliphatic rings. The number of amides is 3. The molecule has 0 radical (unpaired) electrons. The van der Waals surface area contributed by atoms with Gasteiger partial charge >= 0.3 is 5.97 Å². The molecule has 15 nitrogen and oxygen atoms in total. The van der Waals surface area contributed by atoms with E-state index in [9.17, 15) is 52.1 Å². The first kappa shape index (κ1) is 74.0. The van der Waals surface area contributed by atoms with Gasteiger partial charge in [-0.15, -0.1) is 22.7 Å². The molecule has 0 bridgehead atoms. The number of hydrogen-bond donors (Lipinski definition) is 7. The number of carbonyl (C=O) groups is 4. The fourth-order valence-corrected chi connectivity index (χ4v) is 11.8. The summed E-state index contributed by atoms with van der Waals surface area (Å²) in [5, 5.41) is 43.9. The molecule has 2 heterocycles. The van der Waals surface area contributed by atoms with Crippen LogP contribution in [-0.4, -0.2) is 122 Å². The van der Waals surface area contributed by atoms with Crippen molar-refractivity contribution in [3.8, 4) is 21.1 Å². The van der Waals surface area contributed by atoms with Crippen LogP contribution in [0.3, 0.4) is 0 Å². The zero-order chi connectivity index (χ0) is 67.4. The molecule has 21 heteroatoms. The molecule has 8 rings (SSSR count). The van der Waals surface area contributed by atoms with Gasteiger partial charge in [0, 0.05) is 114 Å². The highest BCUT2D eigenvalue weighted by Crippen LogP contribution is 2.28. The lowest BCUT2D eigenvalue weighted by atomic mass is 9.99. The third kappa shape index (κ3) is 23.8. The molecule has 10 N–H and O–H groups in total. The van der Waals surface area contributed by atoms with Gasteiger partial charge in [-0.1, -0.05) is 90.1 Å². The van der Waals surface area contributed by atoms with E-state index in [-0.39, 0.29) is 41.9 Å². The molecule has 2 aromatic heterocycles. The molecule has 0 spiro atoms. The van der Waals surface area contributed by atoms with Gasteiger partial charge in [0.2, 0.25) is 0 Å². The lowest BCUT2D eigenvalue weighted by Crippen LogP contribution is -2.85. The van der Waals surface area contributed by atoms with Crippen molar-refractivity contribution in [2.24, 2.45) is 0 Å². The second kappa shape index (κ2) is 38.2. The Morgan fingerprint density at radius 1 is 0.548 bits per heavy atom. The van der Waals surface area contributed by atoms with E-state index in [1.807, 2.05) is 68.0 Å².